The third-order valence-electron chi connectivity index (χ3n) is 4.23. The van der Waals surface area contributed by atoms with E-state index in [2.05, 4.69) is 4.98 Å². The van der Waals surface area contributed by atoms with Crippen molar-refractivity contribution in [3.63, 3.8) is 0 Å². The monoisotopic (exact) mass is 427 g/mol. The van der Waals surface area contributed by atoms with Crippen LogP contribution in [0.2, 0.25) is 5.02 Å². The predicted octanol–water partition coefficient (Wildman–Crippen LogP) is 4.43. The fourth-order valence-electron chi connectivity index (χ4n) is 2.91. The molecule has 29 heavy (non-hydrogen) atoms. The van der Waals surface area contributed by atoms with Crippen LogP contribution in [-0.2, 0) is 10.1 Å². The van der Waals surface area contributed by atoms with Crippen molar-refractivity contribution in [3.05, 3.63) is 88.4 Å². The van der Waals surface area contributed by atoms with Crippen molar-refractivity contribution < 1.29 is 22.1 Å². The Kier molecular flexibility index (Phi) is 4.86. The quantitative estimate of drug-likeness (QED) is 0.452. The molecule has 0 saturated heterocycles. The Morgan fingerprint density at radius 2 is 1.90 bits per heavy atom. The van der Waals surface area contributed by atoms with E-state index in [9.17, 15) is 13.2 Å². The normalized spacial score (nSPS) is 14.6. The number of hydrogen-bond donors (Lipinski definition) is 0. The van der Waals surface area contributed by atoms with Gasteiger partial charge in [-0.1, -0.05) is 17.7 Å². The second-order valence-corrected chi connectivity index (χ2v) is 8.31. The van der Waals surface area contributed by atoms with Crippen LogP contribution in [0, 0.1) is 6.92 Å². The highest BCUT2D eigenvalue weighted by atomic mass is 35.5. The number of carbonyl (C=O) groups is 1. The molecule has 0 unspecified atom stereocenters. The minimum atomic E-state index is -4.06. The van der Waals surface area contributed by atoms with E-state index in [1.165, 1.54) is 36.4 Å². The number of ether oxygens (including phenoxy) is 1. The van der Waals surface area contributed by atoms with Crippen LogP contribution in [0.3, 0.4) is 0 Å². The number of nitrogens with zero attached hydrogens (tertiary/aromatic N) is 1. The van der Waals surface area contributed by atoms with Crippen LogP contribution >= 0.6 is 11.6 Å². The van der Waals surface area contributed by atoms with Gasteiger partial charge in [-0.25, -0.2) is 0 Å². The minimum absolute atomic E-state index is 0.0331. The molecule has 0 saturated carbocycles. The standard InChI is InChI=1S/C21H14ClNO5S/c1-13-9-16(28-29(25,26)17-6-4-15(22)5-7-17)11-18-20(13)21(24)19(27-18)10-14-3-2-8-23-12-14/h2-12H,1H3. The first-order valence-corrected chi connectivity index (χ1v) is 10.3. The second-order valence-electron chi connectivity index (χ2n) is 6.33. The zero-order chi connectivity index (χ0) is 20.6. The Bertz CT molecular complexity index is 1240. The third kappa shape index (κ3) is 3.87. The molecule has 146 valence electrons. The van der Waals surface area contributed by atoms with Crippen LogP contribution in [0.4, 0.5) is 0 Å². The summed E-state index contributed by atoms with van der Waals surface area (Å²) in [6, 6.07) is 12.0. The van der Waals surface area contributed by atoms with Crippen LogP contribution in [-0.4, -0.2) is 19.2 Å². The summed E-state index contributed by atoms with van der Waals surface area (Å²) in [5, 5.41) is 0.414. The maximum atomic E-state index is 12.7. The van der Waals surface area contributed by atoms with Gasteiger partial charge in [-0.05, 0) is 60.5 Å². The molecule has 0 bridgehead atoms. The van der Waals surface area contributed by atoms with Crippen LogP contribution < -0.4 is 8.92 Å². The molecule has 0 N–H and O–H groups in total. The van der Waals surface area contributed by atoms with Gasteiger partial charge in [-0.15, -0.1) is 0 Å². The van der Waals surface area contributed by atoms with E-state index in [0.29, 0.717) is 21.7 Å². The van der Waals surface area contributed by atoms with Gasteiger partial charge in [0.1, 0.15) is 16.4 Å². The number of allylic oxidation sites excluding steroid dienone is 1. The molecule has 4 rings (SSSR count). The maximum Gasteiger partial charge on any atom is 0.339 e. The van der Waals surface area contributed by atoms with Crippen LogP contribution in [0.15, 0.2) is 71.6 Å². The minimum Gasteiger partial charge on any atom is -0.452 e. The fraction of sp³-hybridized carbons (Fsp3) is 0.0476. The summed E-state index contributed by atoms with van der Waals surface area (Å²) in [6.07, 6.45) is 4.81. The Labute approximate surface area is 172 Å². The van der Waals surface area contributed by atoms with Crippen molar-refractivity contribution in [2.45, 2.75) is 11.8 Å². The Morgan fingerprint density at radius 1 is 1.14 bits per heavy atom. The number of fused-ring (bicyclic) bond motifs is 1. The molecule has 0 atom stereocenters. The lowest BCUT2D eigenvalue weighted by Crippen LogP contribution is -2.10. The molecule has 1 aliphatic rings. The van der Waals surface area contributed by atoms with Crippen molar-refractivity contribution in [2.24, 2.45) is 0 Å². The van der Waals surface area contributed by atoms with E-state index in [1.807, 2.05) is 0 Å². The molecular weight excluding hydrogens is 414 g/mol. The molecule has 0 spiro atoms. The lowest BCUT2D eigenvalue weighted by Gasteiger charge is -2.09. The average Bonchev–Trinajstić information content (AvgIpc) is 2.98. The third-order valence-corrected chi connectivity index (χ3v) is 5.75. The lowest BCUT2D eigenvalue weighted by molar-refractivity contribution is 0.101. The number of carbonyl (C=O) groups excluding carboxylic acids is 1. The van der Waals surface area contributed by atoms with Gasteiger partial charge in [0, 0.05) is 23.5 Å². The number of benzene rings is 2. The SMILES string of the molecule is Cc1cc(OS(=O)(=O)c2ccc(Cl)cc2)cc2c1C(=O)C(=Cc1cccnc1)O2. The summed E-state index contributed by atoms with van der Waals surface area (Å²) < 4.78 is 35.9. The average molecular weight is 428 g/mol. The zero-order valence-corrected chi connectivity index (χ0v) is 16.7. The Morgan fingerprint density at radius 3 is 2.59 bits per heavy atom. The molecule has 1 aliphatic heterocycles. The van der Waals surface area contributed by atoms with Gasteiger partial charge in [0.25, 0.3) is 0 Å². The van der Waals surface area contributed by atoms with Gasteiger partial charge in [-0.3, -0.25) is 9.78 Å². The number of aryl methyl sites for hydroxylation is 1. The van der Waals surface area contributed by atoms with E-state index in [-0.39, 0.29) is 27.9 Å². The molecule has 1 aromatic heterocycles. The summed E-state index contributed by atoms with van der Waals surface area (Å²) in [5.74, 6) is 0.139. The molecule has 0 amide bonds. The van der Waals surface area contributed by atoms with Crippen molar-refractivity contribution in [2.75, 3.05) is 0 Å². The zero-order valence-electron chi connectivity index (χ0n) is 15.1. The lowest BCUT2D eigenvalue weighted by atomic mass is 10.0. The first-order chi connectivity index (χ1) is 13.8. The Hall–Kier alpha value is -3.16. The molecular formula is C21H14ClNO5S. The number of aromatic nitrogens is 1. The highest BCUT2D eigenvalue weighted by Gasteiger charge is 2.31. The molecule has 2 heterocycles. The highest BCUT2D eigenvalue weighted by molar-refractivity contribution is 7.87. The first-order valence-electron chi connectivity index (χ1n) is 8.52. The summed E-state index contributed by atoms with van der Waals surface area (Å²) in [4.78, 5) is 16.7. The van der Waals surface area contributed by atoms with Crippen molar-refractivity contribution >= 4 is 33.6 Å². The second kappa shape index (κ2) is 7.35. The fourth-order valence-corrected chi connectivity index (χ4v) is 3.96. The van der Waals surface area contributed by atoms with Crippen molar-refractivity contribution in [3.8, 4) is 11.5 Å². The van der Waals surface area contributed by atoms with Crippen molar-refractivity contribution in [1.29, 1.82) is 0 Å². The topological polar surface area (TPSA) is 82.6 Å². The van der Waals surface area contributed by atoms with Crippen LogP contribution in [0.25, 0.3) is 6.08 Å². The van der Waals surface area contributed by atoms with E-state index in [0.717, 1.165) is 0 Å². The molecule has 6 nitrogen and oxygen atoms in total. The van der Waals surface area contributed by atoms with Gasteiger partial charge in [0.2, 0.25) is 5.78 Å². The maximum absolute atomic E-state index is 12.7. The molecule has 2 aromatic carbocycles. The highest BCUT2D eigenvalue weighted by Crippen LogP contribution is 2.38. The Balaban J connectivity index is 1.65. The van der Waals surface area contributed by atoms with Gasteiger partial charge >= 0.3 is 10.1 Å². The van der Waals surface area contributed by atoms with Gasteiger partial charge in [0.15, 0.2) is 5.76 Å². The summed E-state index contributed by atoms with van der Waals surface area (Å²) in [5.41, 5.74) is 1.63. The van der Waals surface area contributed by atoms with Gasteiger partial charge in [0.05, 0.1) is 5.56 Å². The molecule has 0 fully saturated rings. The predicted molar refractivity (Wildman–Crippen MR) is 108 cm³/mol. The number of hydrogen-bond acceptors (Lipinski definition) is 6. The van der Waals surface area contributed by atoms with Crippen LogP contribution in [0.5, 0.6) is 11.5 Å². The summed E-state index contributed by atoms with van der Waals surface area (Å²) in [7, 11) is -4.06. The molecule has 0 radical (unpaired) electrons. The smallest absolute Gasteiger partial charge is 0.339 e. The van der Waals surface area contributed by atoms with Gasteiger partial charge in [-0.2, -0.15) is 8.42 Å². The molecule has 8 heteroatoms. The summed E-state index contributed by atoms with van der Waals surface area (Å²) in [6.45, 7) is 1.69. The van der Waals surface area contributed by atoms with Crippen LogP contribution in [0.1, 0.15) is 21.5 Å². The number of ketones is 1. The first kappa shape index (κ1) is 19.2. The largest absolute Gasteiger partial charge is 0.452 e. The molecule has 3 aromatic rings. The van der Waals surface area contributed by atoms with Crippen molar-refractivity contribution in [1.82, 2.24) is 4.98 Å². The van der Waals surface area contributed by atoms with E-state index in [1.54, 1.807) is 37.5 Å². The number of pyridine rings is 1. The summed E-state index contributed by atoms with van der Waals surface area (Å²) >= 11 is 5.80. The van der Waals surface area contributed by atoms with E-state index < -0.39 is 10.1 Å². The van der Waals surface area contributed by atoms with E-state index >= 15 is 0 Å². The number of rotatable bonds is 4. The van der Waals surface area contributed by atoms with E-state index in [4.69, 9.17) is 20.5 Å². The van der Waals surface area contributed by atoms with Gasteiger partial charge < -0.3 is 8.92 Å². The number of halogens is 1. The number of Topliss-reactive ketones (excluding diaryl/α,β-unsaturated/α-hetero) is 1. The molecule has 0 aliphatic carbocycles.